The first-order valence-corrected chi connectivity index (χ1v) is 5.93. The van der Waals surface area contributed by atoms with Gasteiger partial charge in [-0.1, -0.05) is 6.07 Å². The SMILES string of the molecule is O=C(O)c1ccc(CSC2COC2)cc1F. The summed E-state index contributed by atoms with van der Waals surface area (Å²) in [6.45, 7) is 1.50. The largest absolute Gasteiger partial charge is 0.478 e. The number of thioether (sulfide) groups is 1. The number of hydrogen-bond acceptors (Lipinski definition) is 3. The van der Waals surface area contributed by atoms with E-state index in [1.807, 2.05) is 0 Å². The molecule has 1 N–H and O–H groups in total. The zero-order valence-electron chi connectivity index (χ0n) is 8.48. The van der Waals surface area contributed by atoms with Gasteiger partial charge in [0.2, 0.25) is 0 Å². The van der Waals surface area contributed by atoms with Gasteiger partial charge in [0.15, 0.2) is 0 Å². The average molecular weight is 242 g/mol. The molecule has 0 atom stereocenters. The summed E-state index contributed by atoms with van der Waals surface area (Å²) in [6.07, 6.45) is 0. The van der Waals surface area contributed by atoms with Crippen molar-refractivity contribution in [1.29, 1.82) is 0 Å². The molecule has 1 saturated heterocycles. The molecule has 0 unspecified atom stereocenters. The molecule has 1 aliphatic heterocycles. The summed E-state index contributed by atoms with van der Waals surface area (Å²) < 4.78 is 18.3. The van der Waals surface area contributed by atoms with Gasteiger partial charge in [0, 0.05) is 5.75 Å². The second kappa shape index (κ2) is 4.84. The van der Waals surface area contributed by atoms with E-state index < -0.39 is 11.8 Å². The standard InChI is InChI=1S/C11H11FO3S/c12-10-3-7(1-2-9(10)11(13)14)6-16-8-4-15-5-8/h1-3,8H,4-6H2,(H,13,14). The van der Waals surface area contributed by atoms with Crippen molar-refractivity contribution in [2.75, 3.05) is 13.2 Å². The molecule has 0 radical (unpaired) electrons. The number of benzene rings is 1. The van der Waals surface area contributed by atoms with E-state index in [4.69, 9.17) is 9.84 Å². The zero-order chi connectivity index (χ0) is 11.5. The van der Waals surface area contributed by atoms with Gasteiger partial charge in [-0.2, -0.15) is 0 Å². The number of aromatic carboxylic acids is 1. The molecule has 0 aromatic heterocycles. The highest BCUT2D eigenvalue weighted by molar-refractivity contribution is 7.99. The maximum absolute atomic E-state index is 13.3. The Morgan fingerprint density at radius 3 is 2.81 bits per heavy atom. The van der Waals surface area contributed by atoms with E-state index >= 15 is 0 Å². The van der Waals surface area contributed by atoms with Crippen molar-refractivity contribution in [2.45, 2.75) is 11.0 Å². The molecule has 86 valence electrons. The average Bonchev–Trinajstić information content (AvgIpc) is 2.14. The van der Waals surface area contributed by atoms with E-state index in [1.54, 1.807) is 17.8 Å². The normalized spacial score (nSPS) is 15.8. The van der Waals surface area contributed by atoms with Gasteiger partial charge in [0.25, 0.3) is 0 Å². The van der Waals surface area contributed by atoms with Crippen molar-refractivity contribution < 1.29 is 19.0 Å². The van der Waals surface area contributed by atoms with Crippen LogP contribution in [0.4, 0.5) is 4.39 Å². The molecule has 1 fully saturated rings. The van der Waals surface area contributed by atoms with Crippen LogP contribution in [-0.4, -0.2) is 29.5 Å². The summed E-state index contributed by atoms with van der Waals surface area (Å²) in [5.41, 5.74) is 0.528. The number of hydrogen-bond donors (Lipinski definition) is 1. The molecule has 5 heteroatoms. The van der Waals surface area contributed by atoms with Crippen LogP contribution in [-0.2, 0) is 10.5 Å². The van der Waals surface area contributed by atoms with E-state index in [9.17, 15) is 9.18 Å². The van der Waals surface area contributed by atoms with Crippen LogP contribution >= 0.6 is 11.8 Å². The van der Waals surface area contributed by atoms with Crippen LogP contribution in [0.15, 0.2) is 18.2 Å². The fourth-order valence-corrected chi connectivity index (χ4v) is 2.34. The number of rotatable bonds is 4. The lowest BCUT2D eigenvalue weighted by Crippen LogP contribution is -2.30. The molecule has 1 heterocycles. The van der Waals surface area contributed by atoms with Gasteiger partial charge < -0.3 is 9.84 Å². The summed E-state index contributed by atoms with van der Waals surface area (Å²) in [7, 11) is 0. The van der Waals surface area contributed by atoms with Crippen molar-refractivity contribution in [3.05, 3.63) is 35.1 Å². The Kier molecular flexibility index (Phi) is 3.46. The minimum Gasteiger partial charge on any atom is -0.478 e. The molecule has 2 rings (SSSR count). The fourth-order valence-electron chi connectivity index (χ4n) is 1.35. The molecule has 0 aliphatic carbocycles. The summed E-state index contributed by atoms with van der Waals surface area (Å²) in [6, 6.07) is 4.25. The molecule has 3 nitrogen and oxygen atoms in total. The van der Waals surface area contributed by atoms with Crippen LogP contribution in [0.2, 0.25) is 0 Å². The summed E-state index contributed by atoms with van der Waals surface area (Å²) in [4.78, 5) is 10.6. The van der Waals surface area contributed by atoms with Crippen LogP contribution in [0, 0.1) is 5.82 Å². The molecular weight excluding hydrogens is 231 g/mol. The van der Waals surface area contributed by atoms with Gasteiger partial charge in [-0.3, -0.25) is 0 Å². The van der Waals surface area contributed by atoms with E-state index in [1.165, 1.54) is 12.1 Å². The lowest BCUT2D eigenvalue weighted by Gasteiger charge is -2.25. The second-order valence-electron chi connectivity index (χ2n) is 3.59. The predicted octanol–water partition coefficient (Wildman–Crippen LogP) is 2.16. The first-order valence-electron chi connectivity index (χ1n) is 4.88. The first kappa shape index (κ1) is 11.4. The Bertz CT molecular complexity index is 404. The third-order valence-electron chi connectivity index (χ3n) is 2.36. The molecule has 0 saturated carbocycles. The minimum absolute atomic E-state index is 0.277. The van der Waals surface area contributed by atoms with Crippen molar-refractivity contribution in [3.63, 3.8) is 0 Å². The van der Waals surface area contributed by atoms with E-state index in [-0.39, 0.29) is 5.56 Å². The van der Waals surface area contributed by atoms with Gasteiger partial charge in [-0.25, -0.2) is 9.18 Å². The summed E-state index contributed by atoms with van der Waals surface area (Å²) in [5, 5.41) is 9.15. The minimum atomic E-state index is -1.23. The van der Waals surface area contributed by atoms with Crippen LogP contribution < -0.4 is 0 Å². The highest BCUT2D eigenvalue weighted by Gasteiger charge is 2.19. The predicted molar refractivity (Wildman–Crippen MR) is 59.3 cm³/mol. The van der Waals surface area contributed by atoms with E-state index in [0.717, 1.165) is 18.8 Å². The molecule has 1 aromatic rings. The summed E-state index contributed by atoms with van der Waals surface area (Å²) >= 11 is 1.70. The number of carbonyl (C=O) groups is 1. The molecule has 0 bridgehead atoms. The zero-order valence-corrected chi connectivity index (χ0v) is 9.30. The smallest absolute Gasteiger partial charge is 0.338 e. The Hall–Kier alpha value is -1.07. The maximum atomic E-state index is 13.3. The Labute approximate surface area is 96.6 Å². The van der Waals surface area contributed by atoms with Crippen LogP contribution in [0.25, 0.3) is 0 Å². The van der Waals surface area contributed by atoms with Crippen LogP contribution in [0.1, 0.15) is 15.9 Å². The molecular formula is C11H11FO3S. The van der Waals surface area contributed by atoms with Crippen molar-refractivity contribution in [3.8, 4) is 0 Å². The highest BCUT2D eigenvalue weighted by atomic mass is 32.2. The van der Waals surface area contributed by atoms with Crippen molar-refractivity contribution in [2.24, 2.45) is 0 Å². The van der Waals surface area contributed by atoms with Crippen molar-refractivity contribution >= 4 is 17.7 Å². The fraction of sp³-hybridized carbons (Fsp3) is 0.364. The van der Waals surface area contributed by atoms with Gasteiger partial charge in [0.1, 0.15) is 5.82 Å². The first-order chi connectivity index (χ1) is 7.66. The highest BCUT2D eigenvalue weighted by Crippen LogP contribution is 2.24. The van der Waals surface area contributed by atoms with Crippen molar-refractivity contribution in [1.82, 2.24) is 0 Å². The molecule has 16 heavy (non-hydrogen) atoms. The maximum Gasteiger partial charge on any atom is 0.338 e. The van der Waals surface area contributed by atoms with Gasteiger partial charge >= 0.3 is 5.97 Å². The number of ether oxygens (including phenoxy) is 1. The quantitative estimate of drug-likeness (QED) is 0.878. The van der Waals surface area contributed by atoms with E-state index in [0.29, 0.717) is 11.0 Å². The lowest BCUT2D eigenvalue weighted by molar-refractivity contribution is 0.0455. The molecule has 1 aromatic carbocycles. The monoisotopic (exact) mass is 242 g/mol. The van der Waals surface area contributed by atoms with Gasteiger partial charge in [0.05, 0.1) is 24.0 Å². The second-order valence-corrected chi connectivity index (χ2v) is 4.88. The number of carboxylic acids is 1. The molecule has 0 spiro atoms. The summed E-state index contributed by atoms with van der Waals surface area (Å²) in [5.74, 6) is -1.22. The van der Waals surface area contributed by atoms with Gasteiger partial charge in [-0.15, -0.1) is 11.8 Å². The third kappa shape index (κ3) is 2.54. The third-order valence-corrected chi connectivity index (χ3v) is 3.60. The van der Waals surface area contributed by atoms with Gasteiger partial charge in [-0.05, 0) is 17.7 Å². The topological polar surface area (TPSA) is 46.5 Å². The number of carboxylic acid groups (broad SMARTS) is 1. The Morgan fingerprint density at radius 2 is 2.31 bits per heavy atom. The Morgan fingerprint density at radius 1 is 1.56 bits per heavy atom. The lowest BCUT2D eigenvalue weighted by atomic mass is 10.1. The number of halogens is 1. The molecule has 0 amide bonds. The van der Waals surface area contributed by atoms with Crippen LogP contribution in [0.3, 0.4) is 0 Å². The molecule has 1 aliphatic rings. The Balaban J connectivity index is 1.99. The van der Waals surface area contributed by atoms with E-state index in [2.05, 4.69) is 0 Å². The van der Waals surface area contributed by atoms with Crippen LogP contribution in [0.5, 0.6) is 0 Å².